The first-order valence-electron chi connectivity index (χ1n) is 7.92. The molecular weight excluding hydrogens is 319 g/mol. The summed E-state index contributed by atoms with van der Waals surface area (Å²) in [6.07, 6.45) is 5.26. The van der Waals surface area contributed by atoms with Gasteiger partial charge in [0.25, 0.3) is 0 Å². The molecule has 0 fully saturated rings. The lowest BCUT2D eigenvalue weighted by Crippen LogP contribution is -2.04. The highest BCUT2D eigenvalue weighted by atomic mass is 19.1. The van der Waals surface area contributed by atoms with Crippen LogP contribution in [0.1, 0.15) is 11.3 Å². The van der Waals surface area contributed by atoms with Gasteiger partial charge in [-0.2, -0.15) is 10.2 Å². The molecule has 3 heterocycles. The molecule has 0 aliphatic rings. The van der Waals surface area contributed by atoms with E-state index in [4.69, 9.17) is 0 Å². The standard InChI is InChI=1S/C18H17FN6/c1-12-16(10-21-24(12)2)23-18-7-17-14(8-20-18)9-22-25(17)11-13-5-3-4-6-15(13)19/h3-10H,11H2,1-2H3,(H,20,23). The Labute approximate surface area is 143 Å². The van der Waals surface area contributed by atoms with E-state index < -0.39 is 0 Å². The second-order valence-electron chi connectivity index (χ2n) is 5.91. The molecule has 1 aromatic carbocycles. The number of hydrogen-bond donors (Lipinski definition) is 1. The van der Waals surface area contributed by atoms with Crippen molar-refractivity contribution in [2.24, 2.45) is 7.05 Å². The number of fused-ring (bicyclic) bond motifs is 1. The van der Waals surface area contributed by atoms with Gasteiger partial charge in [0.2, 0.25) is 0 Å². The Balaban J connectivity index is 1.68. The molecule has 0 aliphatic carbocycles. The molecule has 0 aliphatic heterocycles. The Morgan fingerprint density at radius 2 is 1.96 bits per heavy atom. The van der Waals surface area contributed by atoms with Crippen molar-refractivity contribution in [2.75, 3.05) is 5.32 Å². The number of aryl methyl sites for hydroxylation is 1. The van der Waals surface area contributed by atoms with Crippen LogP contribution in [0.25, 0.3) is 10.9 Å². The third-order valence-electron chi connectivity index (χ3n) is 4.30. The van der Waals surface area contributed by atoms with Crippen molar-refractivity contribution in [3.8, 4) is 0 Å². The first-order valence-corrected chi connectivity index (χ1v) is 7.92. The summed E-state index contributed by atoms with van der Waals surface area (Å²) in [5.74, 6) is 0.462. The van der Waals surface area contributed by atoms with Crippen LogP contribution < -0.4 is 5.32 Å². The SMILES string of the molecule is Cc1c(Nc2cc3c(cn2)cnn3Cc2ccccc2F)cnn1C. The lowest BCUT2D eigenvalue weighted by Gasteiger charge is -2.08. The van der Waals surface area contributed by atoms with Gasteiger partial charge in [-0.1, -0.05) is 18.2 Å². The van der Waals surface area contributed by atoms with E-state index in [0.717, 1.165) is 22.3 Å². The highest BCUT2D eigenvalue weighted by Gasteiger charge is 2.10. The molecule has 126 valence electrons. The highest BCUT2D eigenvalue weighted by Crippen LogP contribution is 2.22. The highest BCUT2D eigenvalue weighted by molar-refractivity contribution is 5.81. The zero-order valence-electron chi connectivity index (χ0n) is 13.9. The fourth-order valence-electron chi connectivity index (χ4n) is 2.71. The van der Waals surface area contributed by atoms with E-state index in [2.05, 4.69) is 20.5 Å². The van der Waals surface area contributed by atoms with Crippen molar-refractivity contribution in [2.45, 2.75) is 13.5 Å². The second kappa shape index (κ2) is 6.01. The molecule has 0 amide bonds. The first-order chi connectivity index (χ1) is 12.1. The minimum Gasteiger partial charge on any atom is -0.337 e. The third kappa shape index (κ3) is 2.84. The number of nitrogens with zero attached hydrogens (tertiary/aromatic N) is 5. The summed E-state index contributed by atoms with van der Waals surface area (Å²) >= 11 is 0. The summed E-state index contributed by atoms with van der Waals surface area (Å²) in [5.41, 5.74) is 3.40. The van der Waals surface area contributed by atoms with Crippen LogP contribution in [0.2, 0.25) is 0 Å². The summed E-state index contributed by atoms with van der Waals surface area (Å²) < 4.78 is 17.5. The summed E-state index contributed by atoms with van der Waals surface area (Å²) in [7, 11) is 1.89. The van der Waals surface area contributed by atoms with E-state index in [1.165, 1.54) is 6.07 Å². The monoisotopic (exact) mass is 336 g/mol. The molecule has 0 saturated heterocycles. The molecule has 1 N–H and O–H groups in total. The number of rotatable bonds is 4. The van der Waals surface area contributed by atoms with Crippen LogP contribution in [-0.2, 0) is 13.6 Å². The van der Waals surface area contributed by atoms with Gasteiger partial charge in [-0.05, 0) is 13.0 Å². The molecule has 0 spiro atoms. The second-order valence-corrected chi connectivity index (χ2v) is 5.91. The lowest BCUT2D eigenvalue weighted by atomic mass is 10.2. The predicted molar refractivity (Wildman–Crippen MR) is 94.3 cm³/mol. The van der Waals surface area contributed by atoms with Crippen LogP contribution in [0.5, 0.6) is 0 Å². The predicted octanol–water partition coefficient (Wildman–Crippen LogP) is 3.40. The molecule has 6 nitrogen and oxygen atoms in total. The fourth-order valence-corrected chi connectivity index (χ4v) is 2.71. The number of pyridine rings is 1. The Morgan fingerprint density at radius 3 is 2.72 bits per heavy atom. The van der Waals surface area contributed by atoms with Gasteiger partial charge in [0.05, 0.1) is 35.8 Å². The molecule has 0 unspecified atom stereocenters. The van der Waals surface area contributed by atoms with Crippen LogP contribution in [-0.4, -0.2) is 24.5 Å². The summed E-state index contributed by atoms with van der Waals surface area (Å²) in [6.45, 7) is 2.35. The van der Waals surface area contributed by atoms with Gasteiger partial charge < -0.3 is 5.32 Å². The van der Waals surface area contributed by atoms with Gasteiger partial charge in [-0.3, -0.25) is 9.36 Å². The number of nitrogens with one attached hydrogen (secondary N) is 1. The summed E-state index contributed by atoms with van der Waals surface area (Å²) in [4.78, 5) is 4.41. The maximum Gasteiger partial charge on any atom is 0.132 e. The van der Waals surface area contributed by atoms with Crippen molar-refractivity contribution < 1.29 is 4.39 Å². The Kier molecular flexibility index (Phi) is 3.68. The Hall–Kier alpha value is -3.22. The zero-order valence-corrected chi connectivity index (χ0v) is 13.9. The molecule has 4 aromatic rings. The number of benzene rings is 1. The van der Waals surface area contributed by atoms with Crippen molar-refractivity contribution in [3.05, 3.63) is 66.0 Å². The average molecular weight is 336 g/mol. The maximum atomic E-state index is 13.9. The quantitative estimate of drug-likeness (QED) is 0.620. The molecule has 3 aromatic heterocycles. The molecule has 0 saturated carbocycles. The van der Waals surface area contributed by atoms with Gasteiger partial charge in [0.1, 0.15) is 11.6 Å². The topological polar surface area (TPSA) is 60.6 Å². The number of aromatic nitrogens is 5. The van der Waals surface area contributed by atoms with Crippen LogP contribution in [0.15, 0.2) is 48.9 Å². The molecule has 0 bridgehead atoms. The minimum absolute atomic E-state index is 0.232. The lowest BCUT2D eigenvalue weighted by molar-refractivity contribution is 0.590. The fraction of sp³-hybridized carbons (Fsp3) is 0.167. The number of halogens is 1. The molecule has 7 heteroatoms. The van der Waals surface area contributed by atoms with Crippen LogP contribution in [0.4, 0.5) is 15.9 Å². The van der Waals surface area contributed by atoms with Crippen molar-refractivity contribution in [1.82, 2.24) is 24.5 Å². The Bertz CT molecular complexity index is 1050. The minimum atomic E-state index is -0.232. The van der Waals surface area contributed by atoms with E-state index in [1.54, 1.807) is 40.1 Å². The normalized spacial score (nSPS) is 11.2. The molecule has 25 heavy (non-hydrogen) atoms. The first kappa shape index (κ1) is 15.3. The zero-order chi connectivity index (χ0) is 17.4. The van der Waals surface area contributed by atoms with E-state index in [9.17, 15) is 4.39 Å². The number of anilines is 2. The van der Waals surface area contributed by atoms with Gasteiger partial charge in [-0.25, -0.2) is 9.37 Å². The van der Waals surface area contributed by atoms with Crippen molar-refractivity contribution >= 4 is 22.4 Å². The summed E-state index contributed by atoms with van der Waals surface area (Å²) in [5, 5.41) is 12.8. The summed E-state index contributed by atoms with van der Waals surface area (Å²) in [6, 6.07) is 8.64. The van der Waals surface area contributed by atoms with Crippen LogP contribution >= 0.6 is 0 Å². The van der Waals surface area contributed by atoms with Crippen LogP contribution in [0.3, 0.4) is 0 Å². The van der Waals surface area contributed by atoms with Gasteiger partial charge >= 0.3 is 0 Å². The smallest absolute Gasteiger partial charge is 0.132 e. The van der Waals surface area contributed by atoms with E-state index in [1.807, 2.05) is 26.1 Å². The molecular formula is C18H17FN6. The van der Waals surface area contributed by atoms with Gasteiger partial charge in [0, 0.05) is 30.3 Å². The molecule has 0 radical (unpaired) electrons. The van der Waals surface area contributed by atoms with Gasteiger partial charge in [0.15, 0.2) is 0 Å². The van der Waals surface area contributed by atoms with Gasteiger partial charge in [-0.15, -0.1) is 0 Å². The largest absolute Gasteiger partial charge is 0.337 e. The van der Waals surface area contributed by atoms with E-state index >= 15 is 0 Å². The Morgan fingerprint density at radius 1 is 1.12 bits per heavy atom. The average Bonchev–Trinajstić information content (AvgIpc) is 3.15. The van der Waals surface area contributed by atoms with Crippen molar-refractivity contribution in [3.63, 3.8) is 0 Å². The van der Waals surface area contributed by atoms with Crippen molar-refractivity contribution in [1.29, 1.82) is 0 Å². The number of hydrogen-bond acceptors (Lipinski definition) is 4. The molecule has 0 atom stereocenters. The van der Waals surface area contributed by atoms with Crippen LogP contribution in [0, 0.1) is 12.7 Å². The van der Waals surface area contributed by atoms with E-state index in [-0.39, 0.29) is 5.82 Å². The van der Waals surface area contributed by atoms with E-state index in [0.29, 0.717) is 17.9 Å². The third-order valence-corrected chi connectivity index (χ3v) is 4.30. The molecule has 4 rings (SSSR count). The maximum absolute atomic E-state index is 13.9.